The van der Waals surface area contributed by atoms with Gasteiger partial charge in [-0.05, 0) is 74.2 Å². The van der Waals surface area contributed by atoms with Gasteiger partial charge in [0.2, 0.25) is 0 Å². The van der Waals surface area contributed by atoms with Gasteiger partial charge in [-0.25, -0.2) is 4.39 Å². The summed E-state index contributed by atoms with van der Waals surface area (Å²) in [5, 5.41) is 27.2. The highest BCUT2D eigenvalue weighted by Gasteiger charge is 2.36. The summed E-state index contributed by atoms with van der Waals surface area (Å²) in [6.45, 7) is 8.12. The summed E-state index contributed by atoms with van der Waals surface area (Å²) in [7, 11) is 0. The predicted molar refractivity (Wildman–Crippen MR) is 174 cm³/mol. The number of halogens is 1. The van der Waals surface area contributed by atoms with Crippen molar-refractivity contribution < 1.29 is 19.3 Å². The first-order valence-electron chi connectivity index (χ1n) is 14.5. The molecule has 12 heteroatoms. The molecule has 2 aliphatic heterocycles. The number of thiazole rings is 1. The Labute approximate surface area is 264 Å². The van der Waals surface area contributed by atoms with Gasteiger partial charge in [0.05, 0.1) is 27.2 Å². The quantitative estimate of drug-likeness (QED) is 0.123. The number of likely N-dealkylation sites (tertiary alicyclic amines) is 1. The fraction of sp³-hybridized carbons (Fsp3) is 0.452. The van der Waals surface area contributed by atoms with Crippen molar-refractivity contribution in [1.29, 1.82) is 0 Å². The van der Waals surface area contributed by atoms with Crippen molar-refractivity contribution >= 4 is 45.5 Å². The van der Waals surface area contributed by atoms with Crippen molar-refractivity contribution in [3.05, 3.63) is 79.5 Å². The Balaban J connectivity index is 0.000000463. The lowest BCUT2D eigenvalue weighted by Crippen LogP contribution is -2.55. The lowest BCUT2D eigenvalue weighted by Gasteiger charge is -2.44. The number of rotatable bonds is 8. The van der Waals surface area contributed by atoms with Gasteiger partial charge in [0.15, 0.2) is 0 Å². The van der Waals surface area contributed by atoms with E-state index in [0.717, 1.165) is 78.8 Å². The van der Waals surface area contributed by atoms with Gasteiger partial charge < -0.3 is 30.6 Å². The molecule has 43 heavy (non-hydrogen) atoms. The van der Waals surface area contributed by atoms with Crippen molar-refractivity contribution in [1.82, 2.24) is 20.5 Å². The summed E-state index contributed by atoms with van der Waals surface area (Å²) in [5.74, 6) is -0.248. The van der Waals surface area contributed by atoms with E-state index in [1.54, 1.807) is 29.5 Å². The molecule has 0 aliphatic carbocycles. The highest BCUT2D eigenvalue weighted by molar-refractivity contribution is 7.82. The van der Waals surface area contributed by atoms with Crippen LogP contribution in [-0.2, 0) is 17.7 Å². The lowest BCUT2D eigenvalue weighted by atomic mass is 9.90. The third-order valence-corrected chi connectivity index (χ3v) is 10.1. The number of nitrogens with zero attached hydrogens (tertiary/aromatic N) is 1. The highest BCUT2D eigenvalue weighted by atomic mass is 32.2. The van der Waals surface area contributed by atoms with E-state index < -0.39 is 6.10 Å². The Morgan fingerprint density at radius 2 is 1.95 bits per heavy atom. The number of phenolic OH excluding ortho intramolecular Hbond substituents is 1. The van der Waals surface area contributed by atoms with E-state index in [0.29, 0.717) is 28.7 Å². The number of morpholine rings is 1. The maximum absolute atomic E-state index is 14.4. The van der Waals surface area contributed by atoms with Gasteiger partial charge >= 0.3 is 4.87 Å². The van der Waals surface area contributed by atoms with Crippen LogP contribution >= 0.6 is 35.3 Å². The number of aryl methyl sites for hydroxylation is 1. The number of aliphatic hydroxyl groups excluding tert-OH is 1. The second kappa shape index (κ2) is 14.7. The zero-order valence-corrected chi connectivity index (χ0v) is 26.7. The molecule has 0 saturated carbocycles. The number of piperidine rings is 1. The second-order valence-electron chi connectivity index (χ2n) is 11.2. The molecule has 4 heterocycles. The van der Waals surface area contributed by atoms with Crippen molar-refractivity contribution in [3.63, 3.8) is 0 Å². The fourth-order valence-electron chi connectivity index (χ4n) is 5.66. The molecule has 8 nitrogen and oxygen atoms in total. The van der Waals surface area contributed by atoms with Crippen LogP contribution < -0.4 is 15.5 Å². The van der Waals surface area contributed by atoms with E-state index in [9.17, 15) is 19.4 Å². The third kappa shape index (κ3) is 8.67. The van der Waals surface area contributed by atoms with Crippen LogP contribution in [0.5, 0.6) is 5.75 Å². The molecule has 2 aromatic carbocycles. The number of thiophene rings is 1. The molecule has 2 aliphatic rings. The molecule has 0 radical (unpaired) electrons. The van der Waals surface area contributed by atoms with Gasteiger partial charge in [-0.1, -0.05) is 23.5 Å². The number of nitrogens with one attached hydrogen (secondary N) is 3. The van der Waals surface area contributed by atoms with E-state index in [1.807, 2.05) is 6.07 Å². The van der Waals surface area contributed by atoms with Crippen LogP contribution in [0.3, 0.4) is 0 Å². The van der Waals surface area contributed by atoms with E-state index in [1.165, 1.54) is 10.9 Å². The zero-order chi connectivity index (χ0) is 30.4. The molecule has 1 atom stereocenters. The minimum Gasteiger partial charge on any atom is -0.506 e. The SMILES string of the molecule is Cc1ccc(S)s1.O=c1[nH]c2c(O)ccc(C(O)CNCCc3cc(F)cc(CN4CCC5(CC4)CNCCO5)c3)c2s1. The first kappa shape index (κ1) is 32.1. The first-order chi connectivity index (χ1) is 20.7. The van der Waals surface area contributed by atoms with Crippen LogP contribution in [0.25, 0.3) is 10.2 Å². The number of thiol groups is 1. The molecule has 2 fully saturated rings. The average Bonchev–Trinajstić information content (AvgIpc) is 3.57. The van der Waals surface area contributed by atoms with E-state index in [-0.39, 0.29) is 28.6 Å². The van der Waals surface area contributed by atoms with Crippen molar-refractivity contribution in [2.24, 2.45) is 0 Å². The molecule has 2 aromatic heterocycles. The maximum Gasteiger partial charge on any atom is 0.305 e. The van der Waals surface area contributed by atoms with E-state index in [4.69, 9.17) is 4.74 Å². The van der Waals surface area contributed by atoms with Crippen LogP contribution in [0.4, 0.5) is 4.39 Å². The van der Waals surface area contributed by atoms with Gasteiger partial charge in [0.25, 0.3) is 0 Å². The molecular weight excluding hydrogens is 608 g/mol. The standard InChI is InChI=1S/C26H33FN4O4S.C5H6S2/c27-19-12-17(11-18(13-19)15-31-8-4-26(5-9-31)16-29-7-10-35-26)3-6-28-14-22(33)20-1-2-21(32)23-24(20)36-25(34)30-23;1-4-2-3-5(6)7-4/h1-2,11-13,22,28-29,32-33H,3-10,14-16H2,(H,30,34);2-3,6H,1H3. The fourth-order valence-corrected chi connectivity index (χ4v) is 7.69. The smallest absolute Gasteiger partial charge is 0.305 e. The summed E-state index contributed by atoms with van der Waals surface area (Å²) >= 11 is 6.80. The van der Waals surface area contributed by atoms with Crippen molar-refractivity contribution in [2.45, 2.75) is 48.6 Å². The maximum atomic E-state index is 14.4. The molecule has 1 unspecified atom stereocenters. The number of aromatic amines is 1. The number of aromatic hydroxyl groups is 1. The van der Waals surface area contributed by atoms with Gasteiger partial charge in [0, 0.05) is 49.7 Å². The molecule has 0 amide bonds. The Bertz CT molecular complexity index is 1540. The summed E-state index contributed by atoms with van der Waals surface area (Å²) in [6, 6.07) is 12.4. The third-order valence-electron chi connectivity index (χ3n) is 7.93. The number of phenols is 1. The number of benzene rings is 2. The number of aliphatic hydroxyl groups is 1. The topological polar surface area (TPSA) is 110 Å². The average molecular weight is 647 g/mol. The molecule has 5 N–H and O–H groups in total. The van der Waals surface area contributed by atoms with E-state index >= 15 is 0 Å². The summed E-state index contributed by atoms with van der Waals surface area (Å²) < 4.78 is 22.1. The minimum absolute atomic E-state index is 0.0162. The van der Waals surface area contributed by atoms with E-state index in [2.05, 4.69) is 52.2 Å². The van der Waals surface area contributed by atoms with Crippen molar-refractivity contribution in [3.8, 4) is 5.75 Å². The predicted octanol–water partition coefficient (Wildman–Crippen LogP) is 4.60. The van der Waals surface area contributed by atoms with Crippen LogP contribution in [0.15, 0.2) is 51.5 Å². The number of fused-ring (bicyclic) bond motifs is 1. The van der Waals surface area contributed by atoms with Crippen molar-refractivity contribution in [2.75, 3.05) is 45.9 Å². The largest absolute Gasteiger partial charge is 0.506 e. The van der Waals surface area contributed by atoms with Crippen LogP contribution in [-0.4, -0.2) is 71.6 Å². The Morgan fingerprint density at radius 1 is 1.16 bits per heavy atom. The Hall–Kier alpha value is -2.29. The number of H-pyrrole nitrogens is 1. The molecule has 2 saturated heterocycles. The number of hydrogen-bond acceptors (Lipinski definition) is 10. The number of aromatic nitrogens is 1. The Kier molecular flexibility index (Phi) is 10.9. The monoisotopic (exact) mass is 646 g/mol. The van der Waals surface area contributed by atoms with Gasteiger partial charge in [-0.15, -0.1) is 24.0 Å². The minimum atomic E-state index is -0.839. The summed E-state index contributed by atoms with van der Waals surface area (Å²) in [6.07, 6.45) is 1.76. The lowest BCUT2D eigenvalue weighted by molar-refractivity contribution is -0.100. The van der Waals surface area contributed by atoms with Crippen LogP contribution in [0.2, 0.25) is 0 Å². The summed E-state index contributed by atoms with van der Waals surface area (Å²) in [5.41, 5.74) is 2.78. The molecule has 4 aromatic rings. The molecular formula is C31H39FN4O4S3. The molecule has 232 valence electrons. The van der Waals surface area contributed by atoms with Crippen LogP contribution in [0.1, 0.15) is 40.5 Å². The summed E-state index contributed by atoms with van der Waals surface area (Å²) in [4.78, 5) is 17.7. The van der Waals surface area contributed by atoms with Gasteiger partial charge in [-0.2, -0.15) is 0 Å². The van der Waals surface area contributed by atoms with Crippen LogP contribution in [0, 0.1) is 12.7 Å². The molecule has 1 spiro atoms. The first-order valence-corrected chi connectivity index (χ1v) is 16.6. The number of hydrogen-bond donors (Lipinski definition) is 6. The normalized spacial score (nSPS) is 17.6. The zero-order valence-electron chi connectivity index (χ0n) is 24.2. The molecule has 6 rings (SSSR count). The second-order valence-corrected chi connectivity index (χ2v) is 14.3. The molecule has 0 bridgehead atoms. The highest BCUT2D eigenvalue weighted by Crippen LogP contribution is 2.31. The van der Waals surface area contributed by atoms with Gasteiger partial charge in [0.1, 0.15) is 17.1 Å². The van der Waals surface area contributed by atoms with Gasteiger partial charge in [-0.3, -0.25) is 9.69 Å². The number of ether oxygens (including phenoxy) is 1. The Morgan fingerprint density at radius 3 is 2.63 bits per heavy atom.